The quantitative estimate of drug-likeness (QED) is 0.299. The average Bonchev–Trinajstić information content (AvgIpc) is 2.69. The highest BCUT2D eigenvalue weighted by molar-refractivity contribution is 7.55. The molecular formula is C21H22N3O3P. The lowest BCUT2D eigenvalue weighted by molar-refractivity contribution is 0.366. The van der Waals surface area contributed by atoms with Crippen molar-refractivity contribution < 1.29 is 13.6 Å². The molecule has 0 heterocycles. The minimum absolute atomic E-state index is 0.303. The summed E-state index contributed by atoms with van der Waals surface area (Å²) in [6.07, 6.45) is 0.303. The predicted octanol–water partition coefficient (Wildman–Crippen LogP) is 4.39. The van der Waals surface area contributed by atoms with E-state index in [1.54, 1.807) is 48.5 Å². The highest BCUT2D eigenvalue weighted by Crippen LogP contribution is 2.52. The molecule has 4 N–H and O–H groups in total. The number of para-hydroxylation sites is 2. The molecular weight excluding hydrogens is 373 g/mol. The summed E-state index contributed by atoms with van der Waals surface area (Å²) in [5.74, 6) is -0.349. The first kappa shape index (κ1) is 19.5. The van der Waals surface area contributed by atoms with Gasteiger partial charge in [0.05, 0.1) is 0 Å². The molecule has 1 atom stereocenters. The second-order valence-electron chi connectivity index (χ2n) is 6.11. The van der Waals surface area contributed by atoms with Gasteiger partial charge in [0.1, 0.15) is 11.5 Å². The van der Waals surface area contributed by atoms with Crippen molar-refractivity contribution in [2.75, 3.05) is 0 Å². The molecule has 0 radical (unpaired) electrons. The minimum atomic E-state index is -3.82. The molecule has 0 saturated heterocycles. The van der Waals surface area contributed by atoms with E-state index in [4.69, 9.17) is 20.2 Å². The standard InChI is InChI=1S/C21H22N3O3P/c22-21(23)24-20(16-17-10-4-1-5-11-17)28(25,26-18-12-6-2-7-13-18)27-19-14-8-3-9-15-19/h1-15,20H,16H2,(H4,22,23,24). The van der Waals surface area contributed by atoms with Crippen LogP contribution in [-0.2, 0) is 11.0 Å². The Balaban J connectivity index is 1.97. The Morgan fingerprint density at radius 1 is 0.857 bits per heavy atom. The summed E-state index contributed by atoms with van der Waals surface area (Å²) in [6, 6.07) is 27.1. The van der Waals surface area contributed by atoms with Gasteiger partial charge in [-0.15, -0.1) is 0 Å². The summed E-state index contributed by atoms with van der Waals surface area (Å²) in [5.41, 5.74) is 6.48. The van der Waals surface area contributed by atoms with Gasteiger partial charge in [-0.3, -0.25) is 5.41 Å². The zero-order valence-corrected chi connectivity index (χ0v) is 16.1. The fourth-order valence-corrected chi connectivity index (χ4v) is 4.52. The first-order valence-corrected chi connectivity index (χ1v) is 10.4. The Kier molecular flexibility index (Phi) is 6.35. The molecule has 0 aliphatic rings. The summed E-state index contributed by atoms with van der Waals surface area (Å²) < 4.78 is 25.7. The van der Waals surface area contributed by atoms with Gasteiger partial charge in [0, 0.05) is 6.42 Å². The average molecular weight is 395 g/mol. The third-order valence-corrected chi connectivity index (χ3v) is 5.93. The molecule has 0 bridgehead atoms. The Morgan fingerprint density at radius 2 is 1.29 bits per heavy atom. The molecule has 0 saturated carbocycles. The molecule has 28 heavy (non-hydrogen) atoms. The van der Waals surface area contributed by atoms with E-state index in [-0.39, 0.29) is 5.96 Å². The van der Waals surface area contributed by atoms with Gasteiger partial charge in [0.25, 0.3) is 0 Å². The van der Waals surface area contributed by atoms with Crippen molar-refractivity contribution in [2.45, 2.75) is 12.2 Å². The number of nitrogens with one attached hydrogen (secondary N) is 2. The maximum absolute atomic E-state index is 13.9. The van der Waals surface area contributed by atoms with Crippen LogP contribution in [0.4, 0.5) is 0 Å². The summed E-state index contributed by atoms with van der Waals surface area (Å²) in [6.45, 7) is 0. The molecule has 3 aromatic rings. The van der Waals surface area contributed by atoms with Crippen LogP contribution in [0.25, 0.3) is 0 Å². The fraction of sp³-hybridized carbons (Fsp3) is 0.0952. The van der Waals surface area contributed by atoms with Crippen LogP contribution >= 0.6 is 7.60 Å². The van der Waals surface area contributed by atoms with Crippen molar-refractivity contribution in [1.29, 1.82) is 5.41 Å². The van der Waals surface area contributed by atoms with Crippen molar-refractivity contribution >= 4 is 13.6 Å². The second kappa shape index (κ2) is 9.11. The van der Waals surface area contributed by atoms with E-state index >= 15 is 0 Å². The zero-order valence-electron chi connectivity index (χ0n) is 15.2. The Morgan fingerprint density at radius 3 is 1.71 bits per heavy atom. The highest BCUT2D eigenvalue weighted by atomic mass is 31.2. The van der Waals surface area contributed by atoms with Crippen LogP contribution in [0, 0.1) is 5.41 Å². The number of hydrogen-bond acceptors (Lipinski definition) is 4. The van der Waals surface area contributed by atoms with Crippen LogP contribution in [0.5, 0.6) is 11.5 Å². The summed E-state index contributed by atoms with van der Waals surface area (Å²) in [7, 11) is -3.82. The number of guanidine groups is 1. The van der Waals surface area contributed by atoms with Gasteiger partial charge in [0.15, 0.2) is 11.7 Å². The van der Waals surface area contributed by atoms with E-state index < -0.39 is 13.4 Å². The normalized spacial score (nSPS) is 12.0. The van der Waals surface area contributed by atoms with Gasteiger partial charge in [-0.05, 0) is 29.8 Å². The molecule has 144 valence electrons. The van der Waals surface area contributed by atoms with E-state index in [9.17, 15) is 4.57 Å². The van der Waals surface area contributed by atoms with Crippen molar-refractivity contribution in [3.05, 3.63) is 96.6 Å². The summed E-state index contributed by atoms with van der Waals surface area (Å²) >= 11 is 0. The van der Waals surface area contributed by atoms with Crippen LogP contribution in [0.3, 0.4) is 0 Å². The summed E-state index contributed by atoms with van der Waals surface area (Å²) in [4.78, 5) is 0. The molecule has 0 amide bonds. The molecule has 0 aliphatic heterocycles. The molecule has 3 rings (SSSR count). The Bertz CT molecular complexity index is 891. The van der Waals surface area contributed by atoms with Crippen molar-refractivity contribution in [2.24, 2.45) is 5.73 Å². The van der Waals surface area contributed by atoms with Gasteiger partial charge in [-0.1, -0.05) is 66.7 Å². The zero-order chi connectivity index (χ0) is 19.8. The van der Waals surface area contributed by atoms with Gasteiger partial charge >= 0.3 is 7.60 Å². The maximum Gasteiger partial charge on any atom is 0.453 e. The molecule has 0 fully saturated rings. The SMILES string of the molecule is N=C(N)NC(Cc1ccccc1)P(=O)(Oc1ccccc1)Oc1ccccc1. The van der Waals surface area contributed by atoms with E-state index in [2.05, 4.69) is 5.32 Å². The van der Waals surface area contributed by atoms with Crippen LogP contribution < -0.4 is 20.1 Å². The van der Waals surface area contributed by atoms with Gasteiger partial charge in [-0.2, -0.15) is 0 Å². The third kappa shape index (κ3) is 5.38. The lowest BCUT2D eigenvalue weighted by atomic mass is 10.1. The van der Waals surface area contributed by atoms with E-state index in [0.29, 0.717) is 17.9 Å². The Hall–Kier alpha value is -3.24. The molecule has 1 unspecified atom stereocenters. The number of benzene rings is 3. The predicted molar refractivity (Wildman–Crippen MR) is 111 cm³/mol. The largest absolute Gasteiger partial charge is 0.453 e. The monoisotopic (exact) mass is 395 g/mol. The van der Waals surface area contributed by atoms with E-state index in [1.807, 2.05) is 42.5 Å². The first-order valence-electron chi connectivity index (χ1n) is 8.79. The molecule has 0 aliphatic carbocycles. The van der Waals surface area contributed by atoms with E-state index in [1.165, 1.54) is 0 Å². The van der Waals surface area contributed by atoms with Crippen molar-refractivity contribution in [3.8, 4) is 11.5 Å². The lowest BCUT2D eigenvalue weighted by Crippen LogP contribution is -2.42. The lowest BCUT2D eigenvalue weighted by Gasteiger charge is -2.28. The number of nitrogens with two attached hydrogens (primary N) is 1. The van der Waals surface area contributed by atoms with Gasteiger partial charge in [-0.25, -0.2) is 4.57 Å². The molecule has 6 nitrogen and oxygen atoms in total. The topological polar surface area (TPSA) is 97.4 Å². The van der Waals surface area contributed by atoms with Gasteiger partial charge in [0.2, 0.25) is 0 Å². The molecule has 0 spiro atoms. The Labute approximate surface area is 164 Å². The number of rotatable bonds is 8. The number of hydrogen-bond donors (Lipinski definition) is 3. The van der Waals surface area contributed by atoms with Crippen LogP contribution in [0.15, 0.2) is 91.0 Å². The van der Waals surface area contributed by atoms with Crippen molar-refractivity contribution in [1.82, 2.24) is 5.32 Å². The highest BCUT2D eigenvalue weighted by Gasteiger charge is 2.40. The van der Waals surface area contributed by atoms with Crippen LogP contribution in [0.2, 0.25) is 0 Å². The smallest absolute Gasteiger partial charge is 0.415 e. The van der Waals surface area contributed by atoms with Crippen molar-refractivity contribution in [3.63, 3.8) is 0 Å². The minimum Gasteiger partial charge on any atom is -0.415 e. The first-order chi connectivity index (χ1) is 13.5. The van der Waals surface area contributed by atoms with Gasteiger partial charge < -0.3 is 20.1 Å². The maximum atomic E-state index is 13.9. The molecule has 3 aromatic carbocycles. The summed E-state index contributed by atoms with van der Waals surface area (Å²) in [5, 5.41) is 10.4. The van der Waals surface area contributed by atoms with E-state index in [0.717, 1.165) is 5.56 Å². The van der Waals surface area contributed by atoms with Crippen LogP contribution in [0.1, 0.15) is 5.56 Å². The second-order valence-corrected chi connectivity index (χ2v) is 8.18. The molecule has 0 aromatic heterocycles. The third-order valence-electron chi connectivity index (χ3n) is 3.93. The fourth-order valence-electron chi connectivity index (χ4n) is 2.66. The molecule has 7 heteroatoms. The van der Waals surface area contributed by atoms with Crippen LogP contribution in [-0.4, -0.2) is 11.7 Å².